The lowest BCUT2D eigenvalue weighted by Gasteiger charge is -2.20. The zero-order chi connectivity index (χ0) is 6.62. The summed E-state index contributed by atoms with van der Waals surface area (Å²) in [6.45, 7) is 4.44. The third-order valence-electron chi connectivity index (χ3n) is 1.37. The Balaban J connectivity index is 3.37. The first-order valence-corrected chi connectivity index (χ1v) is 4.35. The molecule has 0 aromatic heterocycles. The van der Waals surface area contributed by atoms with E-state index < -0.39 is 0 Å². The van der Waals surface area contributed by atoms with Gasteiger partial charge in [0.2, 0.25) is 0 Å². The normalized spacial score (nSPS) is 12.0. The van der Waals surface area contributed by atoms with Crippen LogP contribution in [0.1, 0.15) is 33.1 Å². The summed E-state index contributed by atoms with van der Waals surface area (Å²) in [5, 5.41) is 0. The van der Waals surface area contributed by atoms with Crippen molar-refractivity contribution in [2.24, 2.45) is 0 Å². The molecule has 0 saturated carbocycles. The molecule has 0 aliphatic heterocycles. The van der Waals surface area contributed by atoms with Crippen LogP contribution in [0.3, 0.4) is 0 Å². The number of rotatable bonds is 3. The molecule has 2 heteroatoms. The van der Waals surface area contributed by atoms with Crippen molar-refractivity contribution in [3.05, 3.63) is 0 Å². The van der Waals surface area contributed by atoms with E-state index in [-0.39, 0.29) is 0 Å². The molecule has 0 amide bonds. The molecule has 0 nitrogen and oxygen atoms in total. The van der Waals surface area contributed by atoms with E-state index in [1.165, 1.54) is 19.3 Å². The quantitative estimate of drug-likeness (QED) is 0.542. The molecule has 0 fully saturated rings. The van der Waals surface area contributed by atoms with Gasteiger partial charge < -0.3 is 0 Å². The van der Waals surface area contributed by atoms with E-state index in [9.17, 15) is 0 Å². The summed E-state index contributed by atoms with van der Waals surface area (Å²) in [6.07, 6.45) is 3.80. The summed E-state index contributed by atoms with van der Waals surface area (Å²) in [5.41, 5.74) is 0. The van der Waals surface area contributed by atoms with Crippen molar-refractivity contribution in [3.8, 4) is 0 Å². The highest BCUT2D eigenvalue weighted by molar-refractivity contribution is 7.39. The summed E-state index contributed by atoms with van der Waals surface area (Å²) < 4.78 is 0. The van der Waals surface area contributed by atoms with Crippen molar-refractivity contribution < 1.29 is 0 Å². The molecule has 0 spiro atoms. The minimum atomic E-state index is 0.425. The van der Waals surface area contributed by atoms with Crippen LogP contribution in [0.2, 0.25) is 0 Å². The fraction of sp³-hybridized carbons (Fsp3) is 1.00. The van der Waals surface area contributed by atoms with Crippen molar-refractivity contribution in [1.29, 1.82) is 0 Å². The van der Waals surface area contributed by atoms with E-state index in [1.807, 2.05) is 0 Å². The van der Waals surface area contributed by atoms with Gasteiger partial charge in [0.25, 0.3) is 0 Å². The molecule has 0 N–H and O–H groups in total. The lowest BCUT2D eigenvalue weighted by Crippen LogP contribution is -2.07. The van der Waals surface area contributed by atoms with E-state index in [0.29, 0.717) is 4.90 Å². The fourth-order valence-electron chi connectivity index (χ4n) is 0.642. The first kappa shape index (κ1) is 8.86. The minimum absolute atomic E-state index is 0.425. The Hall–Kier alpha value is 0.860. The van der Waals surface area contributed by atoms with Gasteiger partial charge >= 0.3 is 0 Å². The average molecular weight is 150 g/mol. The second-order valence-electron chi connectivity index (χ2n) is 2.34. The Morgan fingerprint density at radius 2 is 1.75 bits per heavy atom. The lowest BCUT2D eigenvalue weighted by atomic mass is 10.2. The zero-order valence-electron chi connectivity index (χ0n) is 5.78. The molecule has 0 bridgehead atoms. The Kier molecular flexibility index (Phi) is 4.21. The summed E-state index contributed by atoms with van der Waals surface area (Å²) >= 11 is 0. The highest BCUT2D eigenvalue weighted by Gasteiger charge is 2.12. The highest BCUT2D eigenvalue weighted by atomic mass is 31.1. The summed E-state index contributed by atoms with van der Waals surface area (Å²) in [6, 6.07) is 0. The zero-order valence-corrected chi connectivity index (χ0v) is 8.09. The molecular weight excluding hydrogens is 134 g/mol. The van der Waals surface area contributed by atoms with Crippen molar-refractivity contribution in [1.82, 2.24) is 0 Å². The van der Waals surface area contributed by atoms with Gasteiger partial charge in [-0.1, -0.05) is 20.3 Å². The van der Waals surface area contributed by atoms with E-state index in [4.69, 9.17) is 0 Å². The molecule has 2 unspecified atom stereocenters. The molecule has 0 rings (SSSR count). The first-order chi connectivity index (χ1) is 3.62. The van der Waals surface area contributed by atoms with Crippen molar-refractivity contribution in [2.75, 3.05) is 0 Å². The average Bonchev–Trinajstić information content (AvgIpc) is 1.67. The van der Waals surface area contributed by atoms with Gasteiger partial charge in [0.1, 0.15) is 0 Å². The Labute approximate surface area is 57.2 Å². The standard InChI is InChI=1S/C6H16P2/c1-3-5-6(7,8)4-2/h3-5,7-8H2,1-2H3. The fourth-order valence-corrected chi connectivity index (χ4v) is 1.22. The van der Waals surface area contributed by atoms with E-state index in [2.05, 4.69) is 32.3 Å². The van der Waals surface area contributed by atoms with E-state index in [1.54, 1.807) is 0 Å². The molecule has 50 valence electrons. The van der Waals surface area contributed by atoms with Crippen LogP contribution in [0.5, 0.6) is 0 Å². The van der Waals surface area contributed by atoms with Crippen molar-refractivity contribution in [2.45, 2.75) is 38.0 Å². The number of hydrogen-bond donors (Lipinski definition) is 0. The molecule has 2 atom stereocenters. The van der Waals surface area contributed by atoms with Crippen LogP contribution in [-0.4, -0.2) is 4.90 Å². The molecule has 0 aliphatic carbocycles. The lowest BCUT2D eigenvalue weighted by molar-refractivity contribution is 0.676. The van der Waals surface area contributed by atoms with E-state index >= 15 is 0 Å². The maximum absolute atomic E-state index is 2.88. The summed E-state index contributed by atoms with van der Waals surface area (Å²) in [7, 11) is 5.75. The van der Waals surface area contributed by atoms with Gasteiger partial charge in [-0.05, 0) is 17.7 Å². The monoisotopic (exact) mass is 150 g/mol. The summed E-state index contributed by atoms with van der Waals surface area (Å²) in [4.78, 5) is 0.425. The van der Waals surface area contributed by atoms with Crippen LogP contribution in [0.4, 0.5) is 0 Å². The maximum Gasteiger partial charge on any atom is -0.000972 e. The molecule has 0 aliphatic rings. The van der Waals surface area contributed by atoms with Gasteiger partial charge in [-0.25, -0.2) is 0 Å². The molecule has 0 radical (unpaired) electrons. The molecule has 0 aromatic rings. The van der Waals surface area contributed by atoms with Crippen LogP contribution in [0.15, 0.2) is 0 Å². The summed E-state index contributed by atoms with van der Waals surface area (Å²) in [5.74, 6) is 0. The number of hydrogen-bond acceptors (Lipinski definition) is 0. The molecule has 8 heavy (non-hydrogen) atoms. The van der Waals surface area contributed by atoms with Gasteiger partial charge in [0, 0.05) is 0 Å². The third-order valence-corrected chi connectivity index (χ3v) is 2.77. The Bertz CT molecular complexity index is 59.5. The van der Waals surface area contributed by atoms with E-state index in [0.717, 1.165) is 0 Å². The molecule has 0 heterocycles. The SMILES string of the molecule is CCCC(P)(P)CC. The van der Waals surface area contributed by atoms with Gasteiger partial charge in [0.05, 0.1) is 0 Å². The third kappa shape index (κ3) is 3.81. The van der Waals surface area contributed by atoms with Crippen molar-refractivity contribution >= 4 is 18.5 Å². The van der Waals surface area contributed by atoms with Gasteiger partial charge in [-0.3, -0.25) is 0 Å². The molecular formula is C6H16P2. The molecule has 0 aromatic carbocycles. The first-order valence-electron chi connectivity index (χ1n) is 3.20. The highest BCUT2D eigenvalue weighted by Crippen LogP contribution is 2.34. The van der Waals surface area contributed by atoms with Crippen LogP contribution in [0, 0.1) is 0 Å². The second-order valence-corrected chi connectivity index (χ2v) is 5.30. The van der Waals surface area contributed by atoms with Crippen LogP contribution >= 0.6 is 18.5 Å². The maximum atomic E-state index is 2.88. The predicted octanol–water partition coefficient (Wildman–Crippen LogP) is 2.64. The smallest absolute Gasteiger partial charge is 0.000972 e. The van der Waals surface area contributed by atoms with Gasteiger partial charge in [-0.2, -0.15) is 0 Å². The van der Waals surface area contributed by atoms with Gasteiger partial charge in [0.15, 0.2) is 0 Å². The minimum Gasteiger partial charge on any atom is -0.127 e. The second kappa shape index (κ2) is 3.80. The molecule has 0 saturated heterocycles. The Morgan fingerprint density at radius 1 is 1.25 bits per heavy atom. The Morgan fingerprint density at radius 3 is 1.88 bits per heavy atom. The van der Waals surface area contributed by atoms with Crippen LogP contribution < -0.4 is 0 Å². The topological polar surface area (TPSA) is 0 Å². The van der Waals surface area contributed by atoms with Crippen molar-refractivity contribution in [3.63, 3.8) is 0 Å². The van der Waals surface area contributed by atoms with Crippen LogP contribution in [0.25, 0.3) is 0 Å². The predicted molar refractivity (Wildman–Crippen MR) is 47.4 cm³/mol. The van der Waals surface area contributed by atoms with Crippen LogP contribution in [-0.2, 0) is 0 Å². The van der Waals surface area contributed by atoms with Gasteiger partial charge in [-0.15, -0.1) is 18.5 Å². The largest absolute Gasteiger partial charge is 0.127 e.